The van der Waals surface area contributed by atoms with Crippen LogP contribution in [-0.4, -0.2) is 29.9 Å². The quantitative estimate of drug-likeness (QED) is 0.681. The summed E-state index contributed by atoms with van der Waals surface area (Å²) in [4.78, 5) is 0. The number of hydrogen-bond donors (Lipinski definition) is 0. The van der Waals surface area contributed by atoms with E-state index in [1.807, 2.05) is 19.1 Å². The highest BCUT2D eigenvalue weighted by molar-refractivity contribution is 6.36. The zero-order valence-corrected chi connectivity index (χ0v) is 12.3. The zero-order valence-electron chi connectivity index (χ0n) is 11.2. The fourth-order valence-corrected chi connectivity index (χ4v) is 2.64. The monoisotopic (exact) mass is 272 g/mol. The van der Waals surface area contributed by atoms with Crippen molar-refractivity contribution in [3.63, 3.8) is 0 Å². The number of aryl methyl sites for hydroxylation is 1. The molecule has 18 heavy (non-hydrogen) atoms. The molecule has 3 nitrogen and oxygen atoms in total. The molecule has 0 aliphatic rings. The molecule has 0 saturated carbocycles. The summed E-state index contributed by atoms with van der Waals surface area (Å²) in [6.07, 6.45) is 3.00. The second kappa shape index (κ2) is 8.37. The van der Waals surface area contributed by atoms with Crippen molar-refractivity contribution < 1.29 is 17.7 Å². The van der Waals surface area contributed by atoms with Crippen molar-refractivity contribution in [2.75, 3.05) is 14.2 Å². The molecule has 0 aromatic heterocycles. The van der Waals surface area contributed by atoms with Gasteiger partial charge in [-0.3, -0.25) is 0 Å². The highest BCUT2D eigenvalue weighted by Crippen LogP contribution is 2.10. The van der Waals surface area contributed by atoms with Crippen LogP contribution in [0.25, 0.3) is 0 Å². The average Bonchev–Trinajstić information content (AvgIpc) is 2.38. The van der Waals surface area contributed by atoms with Crippen molar-refractivity contribution in [1.29, 1.82) is 0 Å². The molecule has 1 unspecified atom stereocenters. The molecular formula is C13H21FO3Si. The first-order chi connectivity index (χ1) is 8.65. The molecule has 0 heterocycles. The largest absolute Gasteiger partial charge is 0.483 e. The van der Waals surface area contributed by atoms with Crippen LogP contribution in [-0.2, 0) is 19.7 Å². The first-order valence-electron chi connectivity index (χ1n) is 6.11. The van der Waals surface area contributed by atoms with Gasteiger partial charge in [-0.15, -0.1) is 0 Å². The number of rotatable bonds is 8. The van der Waals surface area contributed by atoms with Gasteiger partial charge in [0.15, 0.2) is 0 Å². The molecule has 0 bridgehead atoms. The lowest BCUT2D eigenvalue weighted by molar-refractivity contribution is 0.0897. The molecule has 0 amide bonds. The van der Waals surface area contributed by atoms with Crippen molar-refractivity contribution >= 4 is 9.53 Å². The third-order valence-corrected chi connectivity index (χ3v) is 4.17. The van der Waals surface area contributed by atoms with Crippen LogP contribution in [0.4, 0.5) is 4.39 Å². The van der Waals surface area contributed by atoms with E-state index >= 15 is 0 Å². The molecular weight excluding hydrogens is 251 g/mol. The van der Waals surface area contributed by atoms with E-state index in [1.165, 1.54) is 12.1 Å². The summed E-state index contributed by atoms with van der Waals surface area (Å²) < 4.78 is 28.6. The summed E-state index contributed by atoms with van der Waals surface area (Å²) in [5.41, 5.74) is 1.15. The molecule has 1 aromatic carbocycles. The predicted octanol–water partition coefficient (Wildman–Crippen LogP) is 2.56. The summed E-state index contributed by atoms with van der Waals surface area (Å²) in [6.45, 7) is 2.02. The summed E-state index contributed by atoms with van der Waals surface area (Å²) in [6, 6.07) is 6.63. The predicted molar refractivity (Wildman–Crippen MR) is 71.1 cm³/mol. The van der Waals surface area contributed by atoms with E-state index < -0.39 is 9.53 Å². The van der Waals surface area contributed by atoms with Gasteiger partial charge in [0.25, 0.3) is 0 Å². The smallest absolute Gasteiger partial charge is 0.379 e. The average molecular weight is 272 g/mol. The molecule has 0 spiro atoms. The summed E-state index contributed by atoms with van der Waals surface area (Å²) >= 11 is 0. The Labute approximate surface area is 110 Å². The van der Waals surface area contributed by atoms with Crippen LogP contribution < -0.4 is 0 Å². The summed E-state index contributed by atoms with van der Waals surface area (Å²) in [5.74, 6) is -0.190. The molecule has 0 aliphatic heterocycles. The van der Waals surface area contributed by atoms with Gasteiger partial charge in [0.2, 0.25) is 0 Å². The first-order valence-corrected chi connectivity index (χ1v) is 7.52. The Balaban J connectivity index is 2.22. The van der Waals surface area contributed by atoms with Crippen LogP contribution in [0.5, 0.6) is 0 Å². The Kier molecular flexibility index (Phi) is 7.11. The third-order valence-electron chi connectivity index (χ3n) is 2.72. The SMILES string of the molecule is CO[SiH](OC)OC(C)CCCc1ccc(F)cc1. The van der Waals surface area contributed by atoms with Crippen molar-refractivity contribution in [2.24, 2.45) is 0 Å². The normalized spacial score (nSPS) is 12.9. The molecule has 5 heteroatoms. The second-order valence-electron chi connectivity index (χ2n) is 4.23. The van der Waals surface area contributed by atoms with Crippen LogP contribution in [0.3, 0.4) is 0 Å². The van der Waals surface area contributed by atoms with Crippen molar-refractivity contribution in [3.05, 3.63) is 35.6 Å². The van der Waals surface area contributed by atoms with E-state index in [-0.39, 0.29) is 11.9 Å². The van der Waals surface area contributed by atoms with E-state index in [9.17, 15) is 4.39 Å². The van der Waals surface area contributed by atoms with Crippen molar-refractivity contribution in [2.45, 2.75) is 32.3 Å². The van der Waals surface area contributed by atoms with Gasteiger partial charge in [-0.05, 0) is 43.9 Å². The van der Waals surface area contributed by atoms with Crippen LogP contribution in [0.15, 0.2) is 24.3 Å². The van der Waals surface area contributed by atoms with Crippen molar-refractivity contribution in [3.8, 4) is 0 Å². The molecule has 0 aliphatic carbocycles. The van der Waals surface area contributed by atoms with Gasteiger partial charge in [-0.2, -0.15) is 0 Å². The molecule has 0 N–H and O–H groups in total. The van der Waals surface area contributed by atoms with Gasteiger partial charge in [0.1, 0.15) is 5.82 Å². The third kappa shape index (κ3) is 5.73. The minimum Gasteiger partial charge on any atom is -0.379 e. The summed E-state index contributed by atoms with van der Waals surface area (Å²) in [7, 11) is 1.28. The lowest BCUT2D eigenvalue weighted by atomic mass is 10.1. The number of halogens is 1. The van der Waals surface area contributed by atoms with Gasteiger partial charge in [0.05, 0.1) is 0 Å². The van der Waals surface area contributed by atoms with Gasteiger partial charge in [-0.1, -0.05) is 12.1 Å². The molecule has 1 atom stereocenters. The van der Waals surface area contributed by atoms with Gasteiger partial charge >= 0.3 is 9.53 Å². The first kappa shape index (κ1) is 15.3. The Morgan fingerprint density at radius 3 is 2.33 bits per heavy atom. The molecule has 1 aromatic rings. The van der Waals surface area contributed by atoms with Gasteiger partial charge < -0.3 is 13.3 Å². The van der Waals surface area contributed by atoms with E-state index in [2.05, 4.69) is 0 Å². The fourth-order valence-electron chi connectivity index (χ4n) is 1.71. The molecule has 0 fully saturated rings. The second-order valence-corrected chi connectivity index (χ2v) is 6.02. The minimum atomic E-state index is -1.92. The van der Waals surface area contributed by atoms with Gasteiger partial charge in [-0.25, -0.2) is 4.39 Å². The minimum absolute atomic E-state index is 0.127. The molecule has 0 radical (unpaired) electrons. The van der Waals surface area contributed by atoms with E-state index in [4.69, 9.17) is 13.3 Å². The molecule has 1 rings (SSSR count). The van der Waals surface area contributed by atoms with E-state index in [0.29, 0.717) is 0 Å². The maximum absolute atomic E-state index is 12.7. The maximum atomic E-state index is 12.7. The lowest BCUT2D eigenvalue weighted by Gasteiger charge is -2.17. The van der Waals surface area contributed by atoms with Crippen molar-refractivity contribution in [1.82, 2.24) is 0 Å². The van der Waals surface area contributed by atoms with Crippen LogP contribution in [0, 0.1) is 5.82 Å². The lowest BCUT2D eigenvalue weighted by Crippen LogP contribution is -2.28. The fraction of sp³-hybridized carbons (Fsp3) is 0.538. The maximum Gasteiger partial charge on any atom is 0.483 e. The number of hydrogen-bond acceptors (Lipinski definition) is 3. The molecule has 0 saturated heterocycles. The van der Waals surface area contributed by atoms with E-state index in [0.717, 1.165) is 24.8 Å². The summed E-state index contributed by atoms with van der Waals surface area (Å²) in [5, 5.41) is 0. The standard InChI is InChI=1S/C13H21FO3Si/c1-11(17-18(15-2)16-3)5-4-6-12-7-9-13(14)10-8-12/h7-11,18H,4-6H2,1-3H3. The topological polar surface area (TPSA) is 27.7 Å². The van der Waals surface area contributed by atoms with Crippen LogP contribution >= 0.6 is 0 Å². The Hall–Kier alpha value is -0.753. The Morgan fingerprint density at radius 2 is 1.78 bits per heavy atom. The Morgan fingerprint density at radius 1 is 1.17 bits per heavy atom. The highest BCUT2D eigenvalue weighted by Gasteiger charge is 2.15. The zero-order chi connectivity index (χ0) is 13.4. The van der Waals surface area contributed by atoms with Crippen LogP contribution in [0.1, 0.15) is 25.3 Å². The molecule has 102 valence electrons. The van der Waals surface area contributed by atoms with Gasteiger partial charge in [0, 0.05) is 20.3 Å². The van der Waals surface area contributed by atoms with Crippen LogP contribution in [0.2, 0.25) is 0 Å². The Bertz CT molecular complexity index is 328. The number of benzene rings is 1. The van der Waals surface area contributed by atoms with E-state index in [1.54, 1.807) is 14.2 Å². The highest BCUT2D eigenvalue weighted by atomic mass is 28.3.